The number of amidine groups is 2. The van der Waals surface area contributed by atoms with Crippen LogP contribution in [0.5, 0.6) is 5.75 Å². The van der Waals surface area contributed by atoms with Gasteiger partial charge in [-0.2, -0.15) is 9.97 Å². The van der Waals surface area contributed by atoms with Crippen LogP contribution in [0.1, 0.15) is 19.4 Å². The predicted octanol–water partition coefficient (Wildman–Crippen LogP) is 6.27. The van der Waals surface area contributed by atoms with Gasteiger partial charge in [-0.3, -0.25) is 0 Å². The van der Waals surface area contributed by atoms with E-state index in [1.807, 2.05) is 13.8 Å². The Hall–Kier alpha value is -3.72. The molecule has 0 unspecified atom stereocenters. The fourth-order valence-corrected chi connectivity index (χ4v) is 8.16. The van der Waals surface area contributed by atoms with Gasteiger partial charge in [0.1, 0.15) is 32.1 Å². The van der Waals surface area contributed by atoms with Gasteiger partial charge in [-0.25, -0.2) is 10.5 Å². The Labute approximate surface area is 196 Å². The molecule has 4 aromatic heterocycles. The maximum absolute atomic E-state index is 8.96. The van der Waals surface area contributed by atoms with Crippen LogP contribution < -0.4 is 4.74 Å². The van der Waals surface area contributed by atoms with Crippen LogP contribution in [0, 0.1) is 35.8 Å². The summed E-state index contributed by atoms with van der Waals surface area (Å²) in [5, 5.41) is 18.6. The minimum Gasteiger partial charge on any atom is -0.480 e. The van der Waals surface area contributed by atoms with E-state index in [-0.39, 0.29) is 11.7 Å². The van der Waals surface area contributed by atoms with E-state index in [9.17, 15) is 0 Å². The molecule has 0 spiro atoms. The zero-order chi connectivity index (χ0) is 22.6. The van der Waals surface area contributed by atoms with Gasteiger partial charge in [0.05, 0.1) is 14.5 Å². The molecule has 152 valence electrons. The van der Waals surface area contributed by atoms with Crippen LogP contribution in [0.25, 0.3) is 38.5 Å². The summed E-state index contributed by atoms with van der Waals surface area (Å²) in [4.78, 5) is 26.7. The lowest BCUT2D eigenvalue weighted by Crippen LogP contribution is -2.27. The third kappa shape index (κ3) is 2.96. The van der Waals surface area contributed by atoms with Gasteiger partial charge in [-0.1, -0.05) is 45.8 Å². The second-order valence-electron chi connectivity index (χ2n) is 6.76. The average Bonchev–Trinajstić information content (AvgIpc) is 3.49. The molecule has 5 heterocycles. The zero-order valence-electron chi connectivity index (χ0n) is 16.1. The van der Waals surface area contributed by atoms with Crippen molar-refractivity contribution >= 4 is 86.3 Å². The second-order valence-corrected chi connectivity index (χ2v) is 10.7. The van der Waals surface area contributed by atoms with E-state index >= 15 is 0 Å². The lowest BCUT2D eigenvalue weighted by Gasteiger charge is -2.31. The molecule has 1 aliphatic heterocycles. The van der Waals surface area contributed by atoms with E-state index in [2.05, 4.69) is 29.6 Å². The first-order chi connectivity index (χ1) is 15.4. The van der Waals surface area contributed by atoms with Gasteiger partial charge in [0.2, 0.25) is 0 Å². The number of hydrogen-bond acceptors (Lipinski definition) is 11. The zero-order valence-corrected chi connectivity index (χ0v) is 19.4. The molecule has 4 aromatic rings. The highest BCUT2D eigenvalue weighted by Crippen LogP contribution is 2.59. The number of nitriles is 2. The third-order valence-corrected chi connectivity index (χ3v) is 8.90. The van der Waals surface area contributed by atoms with Crippen molar-refractivity contribution in [3.05, 3.63) is 28.4 Å². The first-order valence-electron chi connectivity index (χ1n) is 8.67. The van der Waals surface area contributed by atoms with Gasteiger partial charge in [0, 0.05) is 5.56 Å². The van der Waals surface area contributed by atoms with Crippen molar-refractivity contribution in [2.75, 3.05) is 0 Å². The van der Waals surface area contributed by atoms with Crippen LogP contribution in [0.4, 0.5) is 10.3 Å². The molecule has 0 fully saturated rings. The molecular formula is C19H6N8OS4. The van der Waals surface area contributed by atoms with Crippen molar-refractivity contribution in [2.45, 2.75) is 19.4 Å². The topological polar surface area (TPSA) is 116 Å². The summed E-state index contributed by atoms with van der Waals surface area (Å²) in [5.41, 5.74) is 0.332. The number of thiophene rings is 2. The monoisotopic (exact) mass is 490 g/mol. The highest BCUT2D eigenvalue weighted by molar-refractivity contribution is 7.35. The first kappa shape index (κ1) is 20.2. The Balaban J connectivity index is 1.68. The molecular weight excluding hydrogens is 485 g/mol. The second kappa shape index (κ2) is 7.16. The van der Waals surface area contributed by atoms with E-state index in [0.29, 0.717) is 10.3 Å². The molecule has 0 radical (unpaired) electrons. The lowest BCUT2D eigenvalue weighted by atomic mass is 9.95. The average molecular weight is 491 g/mol. The van der Waals surface area contributed by atoms with Gasteiger partial charge >= 0.3 is 21.9 Å². The molecule has 0 bridgehead atoms. The standard InChI is InChI=1S/C19H6N8OS4/c1-19(2)9-11(29-15-12(9)31-17(26-15)24-7(5-20)22-3)13-10(28-19)14-16(30-13)27-18(32-14)25-8(6-21)23-4/h1-2H3. The number of thiazole rings is 2. The van der Waals surface area contributed by atoms with Crippen LogP contribution in [0.3, 0.4) is 0 Å². The maximum atomic E-state index is 8.96. The van der Waals surface area contributed by atoms with E-state index in [1.165, 1.54) is 45.3 Å². The fourth-order valence-electron chi connectivity index (χ4n) is 3.21. The Kier molecular flexibility index (Phi) is 4.52. The Bertz CT molecular complexity index is 1650. The van der Waals surface area contributed by atoms with Gasteiger partial charge in [0.15, 0.2) is 5.75 Å². The number of hydrogen-bond donors (Lipinski definition) is 0. The number of ether oxygens (including phenoxy) is 1. The molecule has 0 saturated heterocycles. The summed E-state index contributed by atoms with van der Waals surface area (Å²) in [5.74, 6) is 0.207. The van der Waals surface area contributed by atoms with Gasteiger partial charge in [0.25, 0.3) is 0 Å². The smallest absolute Gasteiger partial charge is 0.352 e. The number of fused-ring (bicyclic) bond motifs is 7. The van der Waals surface area contributed by atoms with E-state index in [4.69, 9.17) is 28.4 Å². The summed E-state index contributed by atoms with van der Waals surface area (Å²) in [6, 6.07) is 3.51. The van der Waals surface area contributed by atoms with Crippen LogP contribution in [-0.2, 0) is 5.60 Å². The highest BCUT2D eigenvalue weighted by atomic mass is 32.1. The minimum atomic E-state index is -0.665. The molecule has 1 aliphatic rings. The molecule has 13 heteroatoms. The molecule has 0 aromatic carbocycles. The van der Waals surface area contributed by atoms with Crippen LogP contribution in [0.15, 0.2) is 9.98 Å². The SMILES string of the molecule is [C-]#[N+]C(C#N)=Nc1nc2sc3c(c2s1)OC(C)(C)c1c-3sc2nc(N=C(C#N)[N+]#[C-])sc12. The Morgan fingerprint density at radius 3 is 2.00 bits per heavy atom. The van der Waals surface area contributed by atoms with Gasteiger partial charge in [-0.05, 0) is 13.8 Å². The van der Waals surface area contributed by atoms with Crippen LogP contribution >= 0.6 is 45.3 Å². The summed E-state index contributed by atoms with van der Waals surface area (Å²) in [6.45, 7) is 17.9. The normalized spacial score (nSPS) is 14.7. The molecule has 0 amide bonds. The van der Waals surface area contributed by atoms with Crippen molar-refractivity contribution in [3.63, 3.8) is 0 Å². The first-order valence-corrected chi connectivity index (χ1v) is 11.9. The van der Waals surface area contributed by atoms with Crippen molar-refractivity contribution in [1.82, 2.24) is 9.97 Å². The molecule has 0 N–H and O–H groups in total. The molecule has 9 nitrogen and oxygen atoms in total. The Morgan fingerprint density at radius 1 is 0.906 bits per heavy atom. The van der Waals surface area contributed by atoms with E-state index < -0.39 is 5.60 Å². The van der Waals surface area contributed by atoms with Crippen LogP contribution in [0.2, 0.25) is 0 Å². The molecule has 5 rings (SSSR count). The van der Waals surface area contributed by atoms with E-state index in [1.54, 1.807) is 12.1 Å². The number of rotatable bonds is 2. The predicted molar refractivity (Wildman–Crippen MR) is 126 cm³/mol. The summed E-state index contributed by atoms with van der Waals surface area (Å²) in [7, 11) is 0. The number of nitrogens with zero attached hydrogens (tertiary/aromatic N) is 8. The lowest BCUT2D eigenvalue weighted by molar-refractivity contribution is 0.111. The van der Waals surface area contributed by atoms with Crippen molar-refractivity contribution in [1.29, 1.82) is 10.5 Å². The molecule has 0 saturated carbocycles. The maximum Gasteiger partial charge on any atom is 0.352 e. The van der Waals surface area contributed by atoms with E-state index in [0.717, 1.165) is 40.1 Å². The van der Waals surface area contributed by atoms with Crippen LogP contribution in [-0.4, -0.2) is 21.6 Å². The summed E-state index contributed by atoms with van der Waals surface area (Å²) in [6.07, 6.45) is 0. The molecule has 0 aliphatic carbocycles. The molecule has 32 heavy (non-hydrogen) atoms. The minimum absolute atomic E-state index is 0.251. The summed E-state index contributed by atoms with van der Waals surface area (Å²) >= 11 is 5.60. The van der Waals surface area contributed by atoms with Gasteiger partial charge < -0.3 is 14.4 Å². The largest absolute Gasteiger partial charge is 0.480 e. The van der Waals surface area contributed by atoms with Gasteiger partial charge in [-0.15, -0.1) is 22.7 Å². The van der Waals surface area contributed by atoms with Crippen molar-refractivity contribution in [2.24, 2.45) is 9.98 Å². The quantitative estimate of drug-likeness (QED) is 0.186. The Morgan fingerprint density at radius 2 is 1.44 bits per heavy atom. The molecule has 0 atom stereocenters. The highest BCUT2D eigenvalue weighted by Gasteiger charge is 2.40. The van der Waals surface area contributed by atoms with Crippen molar-refractivity contribution in [3.8, 4) is 27.6 Å². The van der Waals surface area contributed by atoms with Crippen molar-refractivity contribution < 1.29 is 4.74 Å². The third-order valence-electron chi connectivity index (χ3n) is 4.41. The fraction of sp³-hybridized carbons (Fsp3) is 0.158. The number of aromatic nitrogens is 2. The summed E-state index contributed by atoms with van der Waals surface area (Å²) < 4.78 is 8.18. The number of aliphatic imine (C=N–C) groups is 2.